The Morgan fingerprint density at radius 2 is 1.81 bits per heavy atom. The van der Waals surface area contributed by atoms with Crippen molar-refractivity contribution < 1.29 is 18.7 Å². The smallest absolute Gasteiger partial charge is 0.262 e. The van der Waals surface area contributed by atoms with E-state index < -0.39 is 28.7 Å². The second-order valence-corrected chi connectivity index (χ2v) is 8.54. The van der Waals surface area contributed by atoms with Gasteiger partial charge in [0.25, 0.3) is 5.91 Å². The van der Waals surface area contributed by atoms with Gasteiger partial charge in [0.15, 0.2) is 5.82 Å². The quantitative estimate of drug-likeness (QED) is 0.444. The van der Waals surface area contributed by atoms with E-state index in [0.717, 1.165) is 22.6 Å². The van der Waals surface area contributed by atoms with Gasteiger partial charge in [0.05, 0.1) is 23.7 Å². The van der Waals surface area contributed by atoms with Crippen molar-refractivity contribution in [2.45, 2.75) is 19.4 Å². The molecule has 0 saturated carbocycles. The molecular weight excluding hydrogens is 434 g/mol. The normalized spacial score (nSPS) is 11.4. The SMILES string of the molecule is CC(C)(O)c1sc(-c2cccnc2)cc1-c1cnc(NC(=O)c2c(F)cccc2F)cn1. The van der Waals surface area contributed by atoms with E-state index in [4.69, 9.17) is 0 Å². The summed E-state index contributed by atoms with van der Waals surface area (Å²) in [5, 5.41) is 13.0. The van der Waals surface area contributed by atoms with Gasteiger partial charge in [-0.05, 0) is 38.1 Å². The van der Waals surface area contributed by atoms with Crippen LogP contribution in [0.1, 0.15) is 29.1 Å². The highest BCUT2D eigenvalue weighted by molar-refractivity contribution is 7.16. The van der Waals surface area contributed by atoms with Gasteiger partial charge >= 0.3 is 0 Å². The minimum Gasteiger partial charge on any atom is -0.385 e. The van der Waals surface area contributed by atoms with Crippen molar-refractivity contribution in [1.29, 1.82) is 0 Å². The van der Waals surface area contributed by atoms with Gasteiger partial charge in [0, 0.05) is 33.3 Å². The van der Waals surface area contributed by atoms with Gasteiger partial charge in [0.2, 0.25) is 0 Å². The number of halogens is 2. The molecule has 4 rings (SSSR count). The summed E-state index contributed by atoms with van der Waals surface area (Å²) in [6.45, 7) is 3.36. The molecule has 0 aliphatic rings. The Morgan fingerprint density at radius 1 is 1.06 bits per heavy atom. The maximum absolute atomic E-state index is 13.8. The fourth-order valence-corrected chi connectivity index (χ4v) is 4.27. The maximum Gasteiger partial charge on any atom is 0.262 e. The van der Waals surface area contributed by atoms with Crippen LogP contribution in [0.3, 0.4) is 0 Å². The number of carbonyl (C=O) groups excluding carboxylic acids is 1. The molecule has 1 aromatic carbocycles. The lowest BCUT2D eigenvalue weighted by Crippen LogP contribution is -2.17. The first-order valence-electron chi connectivity index (χ1n) is 9.59. The number of carbonyl (C=O) groups is 1. The Kier molecular flexibility index (Phi) is 5.77. The van der Waals surface area contributed by atoms with Crippen LogP contribution in [0.4, 0.5) is 14.6 Å². The summed E-state index contributed by atoms with van der Waals surface area (Å²) in [6.07, 6.45) is 6.13. The summed E-state index contributed by atoms with van der Waals surface area (Å²) >= 11 is 1.42. The van der Waals surface area contributed by atoms with Crippen molar-refractivity contribution in [2.75, 3.05) is 5.32 Å². The number of rotatable bonds is 5. The van der Waals surface area contributed by atoms with Crippen molar-refractivity contribution in [2.24, 2.45) is 0 Å². The fraction of sp³-hybridized carbons (Fsp3) is 0.130. The molecule has 3 aromatic heterocycles. The molecule has 0 atom stereocenters. The molecule has 0 fully saturated rings. The molecule has 1 amide bonds. The van der Waals surface area contributed by atoms with Gasteiger partial charge in [0.1, 0.15) is 17.2 Å². The second kappa shape index (κ2) is 8.52. The molecule has 0 bridgehead atoms. The van der Waals surface area contributed by atoms with Crippen LogP contribution < -0.4 is 5.32 Å². The monoisotopic (exact) mass is 452 g/mol. The average molecular weight is 452 g/mol. The van der Waals surface area contributed by atoms with Crippen molar-refractivity contribution in [3.8, 4) is 21.7 Å². The Morgan fingerprint density at radius 3 is 2.41 bits per heavy atom. The van der Waals surface area contributed by atoms with Crippen LogP contribution in [0.5, 0.6) is 0 Å². The van der Waals surface area contributed by atoms with Crippen LogP contribution in [0, 0.1) is 11.6 Å². The Labute approximate surface area is 186 Å². The van der Waals surface area contributed by atoms with Gasteiger partial charge in [-0.15, -0.1) is 11.3 Å². The lowest BCUT2D eigenvalue weighted by atomic mass is 10.0. The minimum atomic E-state index is -1.13. The fourth-order valence-electron chi connectivity index (χ4n) is 3.11. The third kappa shape index (κ3) is 4.39. The van der Waals surface area contributed by atoms with Crippen LogP contribution in [-0.2, 0) is 5.60 Å². The lowest BCUT2D eigenvalue weighted by molar-refractivity contribution is 0.0830. The molecule has 3 heterocycles. The first kappa shape index (κ1) is 21.7. The van der Waals surface area contributed by atoms with E-state index in [0.29, 0.717) is 16.1 Å². The molecule has 9 heteroatoms. The van der Waals surface area contributed by atoms with Crippen LogP contribution >= 0.6 is 11.3 Å². The van der Waals surface area contributed by atoms with E-state index in [1.54, 1.807) is 26.2 Å². The summed E-state index contributed by atoms with van der Waals surface area (Å²) < 4.78 is 27.6. The number of pyridine rings is 1. The highest BCUT2D eigenvalue weighted by Crippen LogP contribution is 2.41. The van der Waals surface area contributed by atoms with E-state index in [2.05, 4.69) is 20.3 Å². The van der Waals surface area contributed by atoms with Gasteiger partial charge in [-0.3, -0.25) is 14.8 Å². The van der Waals surface area contributed by atoms with Crippen LogP contribution in [0.2, 0.25) is 0 Å². The van der Waals surface area contributed by atoms with Crippen LogP contribution in [-0.4, -0.2) is 26.0 Å². The van der Waals surface area contributed by atoms with Crippen LogP contribution in [0.25, 0.3) is 21.7 Å². The molecule has 4 aromatic rings. The largest absolute Gasteiger partial charge is 0.385 e. The molecule has 0 radical (unpaired) electrons. The molecule has 2 N–H and O–H groups in total. The van der Waals surface area contributed by atoms with E-state index in [1.807, 2.05) is 18.2 Å². The number of aliphatic hydroxyl groups is 1. The minimum absolute atomic E-state index is 0.0360. The van der Waals surface area contributed by atoms with Crippen molar-refractivity contribution >= 4 is 23.1 Å². The van der Waals surface area contributed by atoms with E-state index in [1.165, 1.54) is 29.8 Å². The van der Waals surface area contributed by atoms with E-state index >= 15 is 0 Å². The van der Waals surface area contributed by atoms with Crippen LogP contribution in [0.15, 0.2) is 61.2 Å². The van der Waals surface area contributed by atoms with Gasteiger partial charge in [-0.1, -0.05) is 12.1 Å². The number of benzene rings is 1. The summed E-state index contributed by atoms with van der Waals surface area (Å²) in [5.41, 5.74) is 0.243. The summed E-state index contributed by atoms with van der Waals surface area (Å²) in [4.78, 5) is 26.5. The Hall–Kier alpha value is -3.56. The van der Waals surface area contributed by atoms with Gasteiger partial charge < -0.3 is 10.4 Å². The third-order valence-electron chi connectivity index (χ3n) is 4.59. The number of hydrogen-bond acceptors (Lipinski definition) is 6. The highest BCUT2D eigenvalue weighted by atomic mass is 32.1. The van der Waals surface area contributed by atoms with Crippen molar-refractivity contribution in [1.82, 2.24) is 15.0 Å². The average Bonchev–Trinajstić information content (AvgIpc) is 3.21. The third-order valence-corrected chi connectivity index (χ3v) is 6.09. The molecule has 32 heavy (non-hydrogen) atoms. The summed E-state index contributed by atoms with van der Waals surface area (Å²) in [6, 6.07) is 8.82. The van der Waals surface area contributed by atoms with E-state index in [-0.39, 0.29) is 5.82 Å². The number of thiophene rings is 1. The summed E-state index contributed by atoms with van der Waals surface area (Å²) in [7, 11) is 0. The molecular formula is C23H18F2N4O2S. The number of anilines is 1. The number of hydrogen-bond donors (Lipinski definition) is 2. The molecule has 0 saturated heterocycles. The number of nitrogens with one attached hydrogen (secondary N) is 1. The van der Waals surface area contributed by atoms with Gasteiger partial charge in [-0.2, -0.15) is 0 Å². The molecule has 0 aliphatic carbocycles. The number of amides is 1. The maximum atomic E-state index is 13.8. The zero-order valence-electron chi connectivity index (χ0n) is 17.1. The van der Waals surface area contributed by atoms with Crippen molar-refractivity contribution in [3.05, 3.63) is 83.3 Å². The predicted octanol–water partition coefficient (Wildman–Crippen LogP) is 5.03. The standard InChI is InChI=1S/C23H18F2N4O2S/c1-23(2,31)21-14(9-18(32-21)13-5-4-8-26-10-13)17-11-28-19(12-27-17)29-22(30)20-15(24)6-3-7-16(20)25/h3-12,31H,1-2H3,(H,28,29,30). The molecule has 0 spiro atoms. The zero-order chi connectivity index (χ0) is 22.9. The van der Waals surface area contributed by atoms with Gasteiger partial charge in [-0.25, -0.2) is 13.8 Å². The highest BCUT2D eigenvalue weighted by Gasteiger charge is 2.26. The molecule has 0 aliphatic heterocycles. The first-order chi connectivity index (χ1) is 15.2. The molecule has 0 unspecified atom stereocenters. The Bertz CT molecular complexity index is 1250. The topological polar surface area (TPSA) is 88.0 Å². The molecule has 6 nitrogen and oxygen atoms in total. The predicted molar refractivity (Wildman–Crippen MR) is 118 cm³/mol. The van der Waals surface area contributed by atoms with E-state index in [9.17, 15) is 18.7 Å². The Balaban J connectivity index is 1.64. The second-order valence-electron chi connectivity index (χ2n) is 7.49. The zero-order valence-corrected chi connectivity index (χ0v) is 18.0. The first-order valence-corrected chi connectivity index (χ1v) is 10.4. The summed E-state index contributed by atoms with van der Waals surface area (Å²) in [5.74, 6) is -2.87. The number of aromatic nitrogens is 3. The lowest BCUT2D eigenvalue weighted by Gasteiger charge is -2.17. The van der Waals surface area contributed by atoms with Crippen molar-refractivity contribution in [3.63, 3.8) is 0 Å². The number of nitrogens with zero attached hydrogens (tertiary/aromatic N) is 3. The molecule has 162 valence electrons.